The lowest BCUT2D eigenvalue weighted by atomic mass is 10.0. The van der Waals surface area contributed by atoms with Gasteiger partial charge in [0.2, 0.25) is 5.91 Å². The fourth-order valence-electron chi connectivity index (χ4n) is 1.94. The highest BCUT2D eigenvalue weighted by molar-refractivity contribution is 7.16. The van der Waals surface area contributed by atoms with Crippen molar-refractivity contribution in [3.05, 3.63) is 45.8 Å². The largest absolute Gasteiger partial charge is 0.416 e. The van der Waals surface area contributed by atoms with Crippen molar-refractivity contribution in [2.45, 2.75) is 20.0 Å². The summed E-state index contributed by atoms with van der Waals surface area (Å²) in [6.07, 6.45) is -4.37. The van der Waals surface area contributed by atoms with Crippen molar-refractivity contribution in [1.29, 1.82) is 0 Å². The summed E-state index contributed by atoms with van der Waals surface area (Å²) in [5.41, 5.74) is 6.36. The van der Waals surface area contributed by atoms with Crippen LogP contribution in [0.15, 0.2) is 24.3 Å². The van der Waals surface area contributed by atoms with E-state index in [9.17, 15) is 18.0 Å². The second kappa shape index (κ2) is 4.94. The van der Waals surface area contributed by atoms with E-state index >= 15 is 0 Å². The molecule has 0 aliphatic heterocycles. The van der Waals surface area contributed by atoms with Crippen molar-refractivity contribution < 1.29 is 18.0 Å². The number of amides is 1. The third kappa shape index (κ3) is 2.56. The molecule has 0 bridgehead atoms. The Kier molecular flexibility index (Phi) is 3.60. The molecule has 2 N–H and O–H groups in total. The Balaban J connectivity index is 2.53. The standard InChI is InChI=1S/C14H12F3NOS/c1-7-8(2)20-12(11(7)13(18)19)9-3-5-10(6-4-9)14(15,16)17/h3-6H,1-2H3,(H2,18,19). The van der Waals surface area contributed by atoms with Gasteiger partial charge in [-0.1, -0.05) is 12.1 Å². The molecular weight excluding hydrogens is 287 g/mol. The highest BCUT2D eigenvalue weighted by Crippen LogP contribution is 2.37. The molecule has 1 aromatic carbocycles. The minimum Gasteiger partial charge on any atom is -0.366 e. The van der Waals surface area contributed by atoms with Crippen LogP contribution in [0.25, 0.3) is 10.4 Å². The molecule has 6 heteroatoms. The lowest BCUT2D eigenvalue weighted by Crippen LogP contribution is -2.12. The zero-order chi connectivity index (χ0) is 15.1. The van der Waals surface area contributed by atoms with Crippen LogP contribution in [0.5, 0.6) is 0 Å². The average Bonchev–Trinajstić information content (AvgIpc) is 2.65. The van der Waals surface area contributed by atoms with Crippen molar-refractivity contribution in [1.82, 2.24) is 0 Å². The number of benzene rings is 1. The molecule has 0 saturated heterocycles. The summed E-state index contributed by atoms with van der Waals surface area (Å²) in [5.74, 6) is -0.568. The maximum absolute atomic E-state index is 12.5. The molecule has 1 heterocycles. The van der Waals surface area contributed by atoms with E-state index in [1.807, 2.05) is 6.92 Å². The molecule has 0 fully saturated rings. The molecule has 0 spiro atoms. The quantitative estimate of drug-likeness (QED) is 0.889. The van der Waals surface area contributed by atoms with Gasteiger partial charge in [0.25, 0.3) is 0 Å². The second-order valence-electron chi connectivity index (χ2n) is 4.43. The van der Waals surface area contributed by atoms with E-state index in [2.05, 4.69) is 0 Å². The van der Waals surface area contributed by atoms with Gasteiger partial charge in [0.15, 0.2) is 0 Å². The number of hydrogen-bond acceptors (Lipinski definition) is 2. The minimum atomic E-state index is -4.37. The molecule has 2 aromatic rings. The lowest BCUT2D eigenvalue weighted by molar-refractivity contribution is -0.137. The van der Waals surface area contributed by atoms with E-state index in [4.69, 9.17) is 5.73 Å². The number of thiophene rings is 1. The van der Waals surface area contributed by atoms with E-state index in [1.54, 1.807) is 6.92 Å². The molecule has 1 amide bonds. The van der Waals surface area contributed by atoms with Crippen molar-refractivity contribution in [3.63, 3.8) is 0 Å². The Morgan fingerprint density at radius 1 is 1.15 bits per heavy atom. The molecule has 2 rings (SSSR count). The molecule has 2 nitrogen and oxygen atoms in total. The molecular formula is C14H12F3NOS. The van der Waals surface area contributed by atoms with E-state index < -0.39 is 17.6 Å². The molecule has 0 aliphatic carbocycles. The van der Waals surface area contributed by atoms with Crippen LogP contribution in [0.4, 0.5) is 13.2 Å². The highest BCUT2D eigenvalue weighted by Gasteiger charge is 2.30. The average molecular weight is 299 g/mol. The van der Waals surface area contributed by atoms with Crippen LogP contribution < -0.4 is 5.73 Å². The fourth-order valence-corrected chi connectivity index (χ4v) is 3.11. The molecule has 1 aromatic heterocycles. The highest BCUT2D eigenvalue weighted by atomic mass is 32.1. The molecule has 106 valence electrons. The molecule has 0 saturated carbocycles. The predicted molar refractivity (Wildman–Crippen MR) is 72.7 cm³/mol. The van der Waals surface area contributed by atoms with Gasteiger partial charge in [0, 0.05) is 9.75 Å². The summed E-state index contributed by atoms with van der Waals surface area (Å²) >= 11 is 1.35. The number of aryl methyl sites for hydroxylation is 1. The first kappa shape index (κ1) is 14.6. The number of halogens is 3. The van der Waals surface area contributed by atoms with E-state index in [0.29, 0.717) is 16.0 Å². The van der Waals surface area contributed by atoms with Gasteiger partial charge in [0.05, 0.1) is 11.1 Å². The number of hydrogen-bond donors (Lipinski definition) is 1. The van der Waals surface area contributed by atoms with Crippen molar-refractivity contribution in [3.8, 4) is 10.4 Å². The van der Waals surface area contributed by atoms with Gasteiger partial charge >= 0.3 is 6.18 Å². The van der Waals surface area contributed by atoms with E-state index in [1.165, 1.54) is 23.5 Å². The number of carbonyl (C=O) groups is 1. The third-order valence-corrected chi connectivity index (χ3v) is 4.36. The number of primary amides is 1. The van der Waals surface area contributed by atoms with Crippen LogP contribution in [0.1, 0.15) is 26.4 Å². The van der Waals surface area contributed by atoms with Crippen molar-refractivity contribution in [2.24, 2.45) is 5.73 Å². The summed E-state index contributed by atoms with van der Waals surface area (Å²) in [7, 11) is 0. The van der Waals surface area contributed by atoms with Crippen LogP contribution in [-0.2, 0) is 6.18 Å². The topological polar surface area (TPSA) is 43.1 Å². The van der Waals surface area contributed by atoms with Gasteiger partial charge in [-0.15, -0.1) is 11.3 Å². The molecule has 20 heavy (non-hydrogen) atoms. The summed E-state index contributed by atoms with van der Waals surface area (Å²) in [5, 5.41) is 0. The van der Waals surface area contributed by atoms with Crippen LogP contribution >= 0.6 is 11.3 Å². The first-order chi connectivity index (χ1) is 9.21. The molecule has 0 radical (unpaired) electrons. The van der Waals surface area contributed by atoms with E-state index in [-0.39, 0.29) is 0 Å². The maximum Gasteiger partial charge on any atom is 0.416 e. The Hall–Kier alpha value is -1.82. The van der Waals surface area contributed by atoms with Crippen LogP contribution in [-0.4, -0.2) is 5.91 Å². The number of carbonyl (C=O) groups excluding carboxylic acids is 1. The Morgan fingerprint density at radius 2 is 1.70 bits per heavy atom. The number of alkyl halides is 3. The maximum atomic E-state index is 12.5. The molecule has 0 unspecified atom stereocenters. The normalized spacial score (nSPS) is 11.7. The SMILES string of the molecule is Cc1sc(-c2ccc(C(F)(F)F)cc2)c(C(N)=O)c1C. The number of rotatable bonds is 2. The summed E-state index contributed by atoms with van der Waals surface area (Å²) in [6.45, 7) is 3.62. The summed E-state index contributed by atoms with van der Waals surface area (Å²) in [4.78, 5) is 13.0. The molecule has 0 atom stereocenters. The Bertz CT molecular complexity index is 656. The summed E-state index contributed by atoms with van der Waals surface area (Å²) < 4.78 is 37.6. The van der Waals surface area contributed by atoms with Gasteiger partial charge in [-0.05, 0) is 37.1 Å². The zero-order valence-corrected chi connectivity index (χ0v) is 11.7. The van der Waals surface area contributed by atoms with Gasteiger partial charge in [-0.3, -0.25) is 4.79 Å². The smallest absolute Gasteiger partial charge is 0.366 e. The third-order valence-electron chi connectivity index (χ3n) is 3.11. The zero-order valence-electron chi connectivity index (χ0n) is 10.8. The van der Waals surface area contributed by atoms with Gasteiger partial charge in [0.1, 0.15) is 0 Å². The van der Waals surface area contributed by atoms with Crippen LogP contribution in [0.3, 0.4) is 0 Å². The summed E-state index contributed by atoms with van der Waals surface area (Å²) in [6, 6.07) is 4.73. The monoisotopic (exact) mass is 299 g/mol. The van der Waals surface area contributed by atoms with Crippen LogP contribution in [0, 0.1) is 13.8 Å². The van der Waals surface area contributed by atoms with Crippen molar-refractivity contribution in [2.75, 3.05) is 0 Å². The van der Waals surface area contributed by atoms with Gasteiger partial charge in [-0.25, -0.2) is 0 Å². The first-order valence-corrected chi connectivity index (χ1v) is 6.61. The second-order valence-corrected chi connectivity index (χ2v) is 5.65. The first-order valence-electron chi connectivity index (χ1n) is 5.79. The lowest BCUT2D eigenvalue weighted by Gasteiger charge is -2.07. The fraction of sp³-hybridized carbons (Fsp3) is 0.214. The Labute approximate surface area is 118 Å². The Morgan fingerprint density at radius 3 is 2.15 bits per heavy atom. The van der Waals surface area contributed by atoms with Gasteiger partial charge in [-0.2, -0.15) is 13.2 Å². The van der Waals surface area contributed by atoms with Gasteiger partial charge < -0.3 is 5.73 Å². The molecule has 0 aliphatic rings. The van der Waals surface area contributed by atoms with Crippen LogP contribution in [0.2, 0.25) is 0 Å². The number of nitrogens with two attached hydrogens (primary N) is 1. The minimum absolute atomic E-state index is 0.382. The van der Waals surface area contributed by atoms with Crippen molar-refractivity contribution >= 4 is 17.2 Å². The van der Waals surface area contributed by atoms with E-state index in [0.717, 1.165) is 22.6 Å². The predicted octanol–water partition coefficient (Wildman–Crippen LogP) is 4.15.